The second-order valence-electron chi connectivity index (χ2n) is 14.8. The summed E-state index contributed by atoms with van der Waals surface area (Å²) < 4.78 is 44.1. The summed E-state index contributed by atoms with van der Waals surface area (Å²) in [6, 6.07) is 16.9. The zero-order valence-electron chi connectivity index (χ0n) is 28.3. The Morgan fingerprint density at radius 1 is 0.755 bits per heavy atom. The zero-order chi connectivity index (χ0) is 35.1. The van der Waals surface area contributed by atoms with Gasteiger partial charge in [0.15, 0.2) is 11.9 Å². The highest BCUT2D eigenvalue weighted by molar-refractivity contribution is 5.90. The first kappa shape index (κ1) is 33.6. The molecule has 0 unspecified atom stereocenters. The minimum Gasteiger partial charge on any atom is -0.458 e. The van der Waals surface area contributed by atoms with Crippen molar-refractivity contribution < 1.29 is 57.4 Å². The van der Waals surface area contributed by atoms with E-state index in [4.69, 9.17) is 33.2 Å². The van der Waals surface area contributed by atoms with E-state index in [1.807, 2.05) is 20.8 Å². The van der Waals surface area contributed by atoms with Crippen LogP contribution in [0.2, 0.25) is 0 Å². The Labute approximate surface area is 284 Å². The summed E-state index contributed by atoms with van der Waals surface area (Å²) in [6.45, 7) is 9.85. The van der Waals surface area contributed by atoms with Crippen LogP contribution < -0.4 is 0 Å². The molecule has 5 aliphatic rings. The molecule has 262 valence electrons. The van der Waals surface area contributed by atoms with Gasteiger partial charge in [0.2, 0.25) is 5.79 Å². The van der Waals surface area contributed by atoms with E-state index in [9.17, 15) is 24.3 Å². The van der Waals surface area contributed by atoms with Gasteiger partial charge >= 0.3 is 23.9 Å². The number of ether oxygens (including phenoxy) is 7. The van der Waals surface area contributed by atoms with Gasteiger partial charge < -0.3 is 38.3 Å². The lowest BCUT2D eigenvalue weighted by atomic mass is 9.43. The average Bonchev–Trinajstić information content (AvgIpc) is 3.65. The van der Waals surface area contributed by atoms with Gasteiger partial charge in [-0.15, -0.1) is 0 Å². The van der Waals surface area contributed by atoms with Gasteiger partial charge in [0, 0.05) is 24.7 Å². The smallest absolute Gasteiger partial charge is 0.338 e. The number of esters is 4. The second-order valence-corrected chi connectivity index (χ2v) is 14.8. The first-order valence-corrected chi connectivity index (χ1v) is 16.7. The Hall–Kier alpha value is -3.84. The van der Waals surface area contributed by atoms with Crippen LogP contribution in [0, 0.1) is 28.6 Å². The highest BCUT2D eigenvalue weighted by atomic mass is 16.9. The molecule has 0 bridgehead atoms. The fourth-order valence-electron chi connectivity index (χ4n) is 9.65. The average molecular weight is 679 g/mol. The van der Waals surface area contributed by atoms with Crippen molar-refractivity contribution >= 4 is 23.9 Å². The van der Waals surface area contributed by atoms with Crippen LogP contribution in [-0.2, 0) is 42.7 Å². The summed E-state index contributed by atoms with van der Waals surface area (Å²) in [5.74, 6) is -7.55. The molecule has 49 heavy (non-hydrogen) atoms. The monoisotopic (exact) mass is 678 g/mol. The van der Waals surface area contributed by atoms with Gasteiger partial charge in [-0.1, -0.05) is 57.2 Å². The molecular formula is C37H42O12. The Morgan fingerprint density at radius 3 is 1.90 bits per heavy atom. The molecule has 7 rings (SSSR count). The molecular weight excluding hydrogens is 636 g/mol. The van der Waals surface area contributed by atoms with E-state index in [1.54, 1.807) is 67.6 Å². The number of aliphatic hydroxyl groups is 1. The maximum absolute atomic E-state index is 14.0. The SMILES string of the molecule is CC(=O)O[C@@H]1[C@@H](OC(C)=O)C(C)(C)[C@@H]2C[C@H]3O[C@]34O[C@@]3(C)OC[C@@H](O)[C@H]3[C@@H](OC(=O)c3ccccc3)[C@@H]4[C@@]2(C)[C@H]1OC(=O)c1ccccc1. The van der Waals surface area contributed by atoms with Gasteiger partial charge in [0.25, 0.3) is 0 Å². The number of aliphatic hydroxyl groups excluding tert-OH is 1. The number of benzene rings is 2. The van der Waals surface area contributed by atoms with E-state index >= 15 is 0 Å². The third kappa shape index (κ3) is 5.17. The number of carbonyl (C=O) groups excluding carboxylic acids is 4. The van der Waals surface area contributed by atoms with Crippen molar-refractivity contribution in [3.05, 3.63) is 71.8 Å². The largest absolute Gasteiger partial charge is 0.458 e. The maximum atomic E-state index is 14.0. The van der Waals surface area contributed by atoms with Gasteiger partial charge in [0.1, 0.15) is 24.4 Å². The summed E-state index contributed by atoms with van der Waals surface area (Å²) >= 11 is 0. The minimum atomic E-state index is -1.38. The van der Waals surface area contributed by atoms with Gasteiger partial charge in [-0.3, -0.25) is 9.59 Å². The van der Waals surface area contributed by atoms with Crippen LogP contribution in [0.3, 0.4) is 0 Å². The second kappa shape index (κ2) is 11.6. The van der Waals surface area contributed by atoms with Crippen LogP contribution in [0.1, 0.15) is 68.7 Å². The van der Waals surface area contributed by atoms with Crippen molar-refractivity contribution in [2.24, 2.45) is 28.6 Å². The van der Waals surface area contributed by atoms with Crippen LogP contribution in [-0.4, -0.2) is 83.8 Å². The topological polar surface area (TPSA) is 156 Å². The van der Waals surface area contributed by atoms with Crippen molar-refractivity contribution in [1.29, 1.82) is 0 Å². The first-order chi connectivity index (χ1) is 23.1. The third-order valence-corrected chi connectivity index (χ3v) is 11.6. The molecule has 0 amide bonds. The third-order valence-electron chi connectivity index (χ3n) is 11.6. The summed E-state index contributed by atoms with van der Waals surface area (Å²) in [7, 11) is 0. The Morgan fingerprint density at radius 2 is 1.33 bits per heavy atom. The lowest BCUT2D eigenvalue weighted by molar-refractivity contribution is -0.373. The van der Waals surface area contributed by atoms with E-state index in [2.05, 4.69) is 0 Å². The molecule has 2 saturated carbocycles. The van der Waals surface area contributed by atoms with Crippen LogP contribution in [0.25, 0.3) is 0 Å². The number of carbonyl (C=O) groups is 4. The highest BCUT2D eigenvalue weighted by Gasteiger charge is 2.85. The maximum Gasteiger partial charge on any atom is 0.338 e. The molecule has 3 heterocycles. The number of hydrogen-bond donors (Lipinski definition) is 1. The number of fused-ring (bicyclic) bond motifs is 3. The molecule has 3 saturated heterocycles. The van der Waals surface area contributed by atoms with Crippen LogP contribution in [0.5, 0.6) is 0 Å². The number of hydrogen-bond acceptors (Lipinski definition) is 12. The molecule has 12 heteroatoms. The molecule has 2 aliphatic carbocycles. The van der Waals surface area contributed by atoms with E-state index < -0.39 is 101 Å². The summed E-state index contributed by atoms with van der Waals surface area (Å²) in [5, 5.41) is 11.4. The van der Waals surface area contributed by atoms with E-state index in [1.165, 1.54) is 13.8 Å². The molecule has 2 aromatic rings. The first-order valence-electron chi connectivity index (χ1n) is 16.7. The molecule has 12 nitrogen and oxygen atoms in total. The zero-order valence-corrected chi connectivity index (χ0v) is 28.3. The van der Waals surface area contributed by atoms with Gasteiger partial charge in [-0.05, 0) is 43.5 Å². The summed E-state index contributed by atoms with van der Waals surface area (Å²) in [6.07, 6.45) is -5.86. The molecule has 1 spiro atoms. The van der Waals surface area contributed by atoms with Crippen molar-refractivity contribution in [2.75, 3.05) is 6.61 Å². The highest BCUT2D eigenvalue weighted by Crippen LogP contribution is 2.73. The normalized spacial score (nSPS) is 41.1. The van der Waals surface area contributed by atoms with Crippen LogP contribution in [0.4, 0.5) is 0 Å². The van der Waals surface area contributed by atoms with Gasteiger partial charge in [-0.2, -0.15) is 0 Å². The molecule has 0 radical (unpaired) electrons. The number of epoxide rings is 1. The summed E-state index contributed by atoms with van der Waals surface area (Å²) in [5.41, 5.74) is -1.59. The van der Waals surface area contributed by atoms with Crippen LogP contribution in [0.15, 0.2) is 60.7 Å². The van der Waals surface area contributed by atoms with Crippen molar-refractivity contribution in [1.82, 2.24) is 0 Å². The lowest BCUT2D eigenvalue weighted by Gasteiger charge is -2.65. The Bertz CT molecular complexity index is 1640. The lowest BCUT2D eigenvalue weighted by Crippen LogP contribution is -2.76. The molecule has 0 aromatic heterocycles. The van der Waals surface area contributed by atoms with E-state index in [0.717, 1.165) is 0 Å². The van der Waals surface area contributed by atoms with Gasteiger partial charge in [0.05, 0.1) is 35.7 Å². The Balaban J connectivity index is 1.42. The number of rotatable bonds is 6. The van der Waals surface area contributed by atoms with Gasteiger partial charge in [-0.25, -0.2) is 9.59 Å². The predicted molar refractivity (Wildman–Crippen MR) is 168 cm³/mol. The van der Waals surface area contributed by atoms with E-state index in [0.29, 0.717) is 12.0 Å². The summed E-state index contributed by atoms with van der Waals surface area (Å²) in [4.78, 5) is 53.3. The molecule has 1 N–H and O–H groups in total. The molecule has 2 aromatic carbocycles. The van der Waals surface area contributed by atoms with Crippen LogP contribution >= 0.6 is 0 Å². The van der Waals surface area contributed by atoms with Crippen molar-refractivity contribution in [3.63, 3.8) is 0 Å². The van der Waals surface area contributed by atoms with Crippen molar-refractivity contribution in [3.8, 4) is 0 Å². The minimum absolute atomic E-state index is 0.0727. The molecule has 5 fully saturated rings. The Kier molecular flexibility index (Phi) is 7.98. The predicted octanol–water partition coefficient (Wildman–Crippen LogP) is 3.83. The van der Waals surface area contributed by atoms with Crippen molar-refractivity contribution in [2.45, 2.75) is 96.2 Å². The molecule has 3 aliphatic heterocycles. The quantitative estimate of drug-likeness (QED) is 0.268. The standard InChI is InChI=1S/C37H42O12/c1-19(38)44-28-30(45-20(2)39)34(3,4)24-17-25-37(48-25)29(35(24,5)31(28)47-33(42)22-15-11-8-12-16-22)27(26-23(40)18-43-36(26,6)49-37)46-32(41)21-13-9-7-10-14-21/h7-16,23-31,40H,17-18H2,1-6H3/t23-,24+,25-,26+,27-,28-,29-,30-,31+,35+,36-,37+/m1/s1. The fourth-order valence-corrected chi connectivity index (χ4v) is 9.65. The van der Waals surface area contributed by atoms with E-state index in [-0.39, 0.29) is 12.2 Å². The molecule has 12 atom stereocenters. The fraction of sp³-hybridized carbons (Fsp3) is 0.568.